The molecule has 4 heteroatoms. The number of aryl methyl sites for hydroxylation is 1. The molecule has 0 aliphatic carbocycles. The molecule has 0 fully saturated rings. The van der Waals surface area contributed by atoms with E-state index in [1.54, 1.807) is 11.4 Å². The second-order valence-electron chi connectivity index (χ2n) is 2.69. The van der Waals surface area contributed by atoms with Crippen molar-refractivity contribution in [1.82, 2.24) is 4.31 Å². The molecule has 0 unspecified atom stereocenters. The number of hydrogen-bond acceptors (Lipinski definition) is 2. The molecule has 0 aliphatic rings. The van der Waals surface area contributed by atoms with Crippen molar-refractivity contribution in [3.63, 3.8) is 0 Å². The minimum Gasteiger partial charge on any atom is -0.277 e. The Morgan fingerprint density at radius 1 is 1.46 bits per heavy atom. The van der Waals surface area contributed by atoms with Gasteiger partial charge < -0.3 is 0 Å². The van der Waals surface area contributed by atoms with E-state index >= 15 is 0 Å². The van der Waals surface area contributed by atoms with Crippen LogP contribution in [0.3, 0.4) is 0 Å². The van der Waals surface area contributed by atoms with Crippen molar-refractivity contribution >= 4 is 36.2 Å². The van der Waals surface area contributed by atoms with Crippen molar-refractivity contribution in [3.8, 4) is 0 Å². The van der Waals surface area contributed by atoms with Gasteiger partial charge in [0.05, 0.1) is 0 Å². The van der Waals surface area contributed by atoms with E-state index in [0.29, 0.717) is 0 Å². The number of halogens is 1. The summed E-state index contributed by atoms with van der Waals surface area (Å²) in [5.74, 6) is 0.0532. The lowest BCUT2D eigenvalue weighted by atomic mass is 10.1. The van der Waals surface area contributed by atoms with E-state index in [2.05, 4.69) is 21.2 Å². The fourth-order valence-corrected chi connectivity index (χ4v) is 1.71. The summed E-state index contributed by atoms with van der Waals surface area (Å²) in [7, 11) is 3.16. The highest BCUT2D eigenvalue weighted by Gasteiger charge is 2.12. The second-order valence-corrected chi connectivity index (χ2v) is 4.55. The summed E-state index contributed by atoms with van der Waals surface area (Å²) in [5, 5.41) is 0. The minimum atomic E-state index is 0.0532. The van der Waals surface area contributed by atoms with Crippen LogP contribution in [0.25, 0.3) is 0 Å². The molecule has 1 aromatic carbocycles. The first-order chi connectivity index (χ1) is 6.16. The van der Waals surface area contributed by atoms with E-state index in [9.17, 15) is 4.79 Å². The Kier molecular flexibility index (Phi) is 4.05. The molecule has 0 N–H and O–H groups in total. The summed E-state index contributed by atoms with van der Waals surface area (Å²) in [5.41, 5.74) is 1.79. The maximum absolute atomic E-state index is 11.7. The predicted molar refractivity (Wildman–Crippen MR) is 64.9 cm³/mol. The van der Waals surface area contributed by atoms with Gasteiger partial charge in [-0.2, -0.15) is 0 Å². The highest BCUT2D eigenvalue weighted by atomic mass is 127. The first kappa shape index (κ1) is 10.8. The van der Waals surface area contributed by atoms with Gasteiger partial charge in [0.1, 0.15) is 0 Å². The van der Waals surface area contributed by atoms with Gasteiger partial charge in [-0.3, -0.25) is 9.10 Å². The monoisotopic (exact) mass is 307 g/mol. The molecule has 0 radical (unpaired) electrons. The Balaban J connectivity index is 2.95. The van der Waals surface area contributed by atoms with Gasteiger partial charge in [-0.15, -0.1) is 0 Å². The van der Waals surface area contributed by atoms with Crippen LogP contribution in [0, 0.1) is 6.92 Å². The summed E-state index contributed by atoms with van der Waals surface area (Å²) in [6.45, 7) is 1.94. The van der Waals surface area contributed by atoms with Crippen LogP contribution in [0.5, 0.6) is 0 Å². The Labute approximate surface area is 94.4 Å². The zero-order chi connectivity index (χ0) is 9.84. The zero-order valence-corrected chi connectivity index (χ0v) is 10.4. The number of carbonyl (C=O) groups is 1. The summed E-state index contributed by atoms with van der Waals surface area (Å²) in [6.07, 6.45) is 0. The third-order valence-electron chi connectivity index (χ3n) is 1.76. The molecule has 0 spiro atoms. The third kappa shape index (κ3) is 2.60. The molecule has 2 nitrogen and oxygen atoms in total. The first-order valence-corrected chi connectivity index (χ1v) is 7.11. The van der Waals surface area contributed by atoms with Gasteiger partial charge in [0.15, 0.2) is 0 Å². The standard InChI is InChI=1S/C9H10INOS/c1-7-5-3-4-6-8(7)9(12)11(2)13-10/h3-6H,1-2H3. The molecule has 0 aromatic heterocycles. The van der Waals surface area contributed by atoms with Crippen molar-refractivity contribution < 1.29 is 4.79 Å². The SMILES string of the molecule is Cc1ccccc1C(=O)N(C)SI. The summed E-state index contributed by atoms with van der Waals surface area (Å²) in [6, 6.07) is 7.61. The van der Waals surface area contributed by atoms with Crippen LogP contribution in [0.15, 0.2) is 24.3 Å². The molecule has 0 atom stereocenters. The number of carbonyl (C=O) groups excluding carboxylic acids is 1. The van der Waals surface area contributed by atoms with E-state index in [1.807, 2.05) is 31.2 Å². The number of amides is 1. The van der Waals surface area contributed by atoms with Crippen LogP contribution in [0.1, 0.15) is 15.9 Å². The van der Waals surface area contributed by atoms with E-state index in [0.717, 1.165) is 11.1 Å². The van der Waals surface area contributed by atoms with Crippen LogP contribution in [0.4, 0.5) is 0 Å². The molecule has 1 rings (SSSR count). The fraction of sp³-hybridized carbons (Fsp3) is 0.222. The van der Waals surface area contributed by atoms with E-state index in [-0.39, 0.29) is 5.91 Å². The fourth-order valence-electron chi connectivity index (χ4n) is 1.01. The number of nitrogens with zero attached hydrogens (tertiary/aromatic N) is 1. The normalized spacial score (nSPS) is 9.77. The van der Waals surface area contributed by atoms with Crippen LogP contribution < -0.4 is 0 Å². The molecule has 0 heterocycles. The quantitative estimate of drug-likeness (QED) is 0.618. The predicted octanol–water partition coefficient (Wildman–Crippen LogP) is 3.07. The van der Waals surface area contributed by atoms with Crippen LogP contribution in [-0.4, -0.2) is 17.3 Å². The highest BCUT2D eigenvalue weighted by Crippen LogP contribution is 2.20. The molecule has 0 aliphatic heterocycles. The van der Waals surface area contributed by atoms with Crippen LogP contribution in [-0.2, 0) is 0 Å². The molecular formula is C9H10INOS. The van der Waals surface area contributed by atoms with Gasteiger partial charge >= 0.3 is 0 Å². The molecule has 1 aromatic rings. The second kappa shape index (κ2) is 4.85. The maximum atomic E-state index is 11.7. The Hall–Kier alpha value is -0.230. The molecular weight excluding hydrogens is 297 g/mol. The van der Waals surface area contributed by atoms with Crippen LogP contribution >= 0.6 is 30.3 Å². The third-order valence-corrected chi connectivity index (χ3v) is 3.91. The topological polar surface area (TPSA) is 20.3 Å². The smallest absolute Gasteiger partial charge is 0.264 e. The molecule has 0 saturated heterocycles. The van der Waals surface area contributed by atoms with Crippen molar-refractivity contribution in [2.24, 2.45) is 0 Å². The van der Waals surface area contributed by atoms with Crippen LogP contribution in [0.2, 0.25) is 0 Å². The zero-order valence-electron chi connectivity index (χ0n) is 7.45. The van der Waals surface area contributed by atoms with E-state index < -0.39 is 0 Å². The highest BCUT2D eigenvalue weighted by molar-refractivity contribution is 14.2. The molecule has 70 valence electrons. The average molecular weight is 307 g/mol. The average Bonchev–Trinajstić information content (AvgIpc) is 2.16. The van der Waals surface area contributed by atoms with Gasteiger partial charge in [0.2, 0.25) is 0 Å². The Morgan fingerprint density at radius 3 is 2.62 bits per heavy atom. The number of benzene rings is 1. The lowest BCUT2D eigenvalue weighted by molar-refractivity contribution is 0.0893. The molecule has 0 saturated carbocycles. The minimum absolute atomic E-state index is 0.0532. The van der Waals surface area contributed by atoms with Gasteiger partial charge in [0.25, 0.3) is 5.91 Å². The van der Waals surface area contributed by atoms with Gasteiger partial charge in [-0.05, 0) is 18.6 Å². The largest absolute Gasteiger partial charge is 0.277 e. The van der Waals surface area contributed by atoms with E-state index in [4.69, 9.17) is 0 Å². The number of rotatable bonds is 2. The van der Waals surface area contributed by atoms with Gasteiger partial charge in [-0.1, -0.05) is 18.2 Å². The van der Waals surface area contributed by atoms with E-state index in [1.165, 1.54) is 9.12 Å². The van der Waals surface area contributed by atoms with Crippen molar-refractivity contribution in [3.05, 3.63) is 35.4 Å². The maximum Gasteiger partial charge on any atom is 0.264 e. The molecule has 13 heavy (non-hydrogen) atoms. The summed E-state index contributed by atoms with van der Waals surface area (Å²) in [4.78, 5) is 11.7. The van der Waals surface area contributed by atoms with Gasteiger partial charge in [-0.25, -0.2) is 0 Å². The van der Waals surface area contributed by atoms with Crippen molar-refractivity contribution in [1.29, 1.82) is 0 Å². The lowest BCUT2D eigenvalue weighted by Gasteiger charge is -2.12. The van der Waals surface area contributed by atoms with Gasteiger partial charge in [0, 0.05) is 42.9 Å². The summed E-state index contributed by atoms with van der Waals surface area (Å²) < 4.78 is 1.61. The Bertz CT molecular complexity index is 316. The Morgan fingerprint density at radius 2 is 2.08 bits per heavy atom. The molecule has 0 bridgehead atoms. The van der Waals surface area contributed by atoms with Crippen molar-refractivity contribution in [2.75, 3.05) is 7.05 Å². The lowest BCUT2D eigenvalue weighted by Crippen LogP contribution is -2.18. The summed E-state index contributed by atoms with van der Waals surface area (Å²) >= 11 is 2.09. The van der Waals surface area contributed by atoms with Crippen molar-refractivity contribution in [2.45, 2.75) is 6.92 Å². The number of hydrogen-bond donors (Lipinski definition) is 0. The molecule has 1 amide bonds. The first-order valence-electron chi connectivity index (χ1n) is 3.79.